The summed E-state index contributed by atoms with van der Waals surface area (Å²) >= 11 is 0. The second kappa shape index (κ2) is 16.3. The van der Waals surface area contributed by atoms with E-state index in [1.807, 2.05) is 60.1 Å². The van der Waals surface area contributed by atoms with E-state index in [0.29, 0.717) is 74.3 Å². The van der Waals surface area contributed by atoms with Crippen molar-refractivity contribution in [1.82, 2.24) is 19.7 Å². The summed E-state index contributed by atoms with van der Waals surface area (Å²) in [7, 11) is 1.59. The van der Waals surface area contributed by atoms with Crippen LogP contribution in [0.25, 0.3) is 11.1 Å². The van der Waals surface area contributed by atoms with E-state index in [-0.39, 0.29) is 42.3 Å². The Morgan fingerprint density at radius 2 is 1.71 bits per heavy atom. The number of hydrogen-bond donors (Lipinski definition) is 0. The van der Waals surface area contributed by atoms with Crippen molar-refractivity contribution in [2.24, 2.45) is 11.8 Å². The highest BCUT2D eigenvalue weighted by molar-refractivity contribution is 5.94. The highest BCUT2D eigenvalue weighted by atomic mass is 16.6. The SMILES string of the molecule is COc1ccc([C@H]2CC[C@H](CN(c3cc(-c4cnn(C(C)C)c4)ccn3)C(=O)[C@H]3CC[C@H](OC(=O)N4CC(OC(C)C)C4)CC3)CC2)cc1C#N. The van der Waals surface area contributed by atoms with Crippen LogP contribution in [0.15, 0.2) is 48.9 Å². The van der Waals surface area contributed by atoms with E-state index in [4.69, 9.17) is 19.2 Å². The number of nitrogens with zero attached hydrogens (tertiary/aromatic N) is 6. The van der Waals surface area contributed by atoms with E-state index in [1.165, 1.54) is 5.56 Å². The van der Waals surface area contributed by atoms with E-state index in [1.54, 1.807) is 18.2 Å². The van der Waals surface area contributed by atoms with Crippen LogP contribution in [0.3, 0.4) is 0 Å². The van der Waals surface area contributed by atoms with Gasteiger partial charge in [0.25, 0.3) is 0 Å². The molecule has 2 aliphatic carbocycles. The van der Waals surface area contributed by atoms with Gasteiger partial charge in [-0.3, -0.25) is 14.4 Å². The second-order valence-corrected chi connectivity index (χ2v) is 15.0. The van der Waals surface area contributed by atoms with Gasteiger partial charge in [0, 0.05) is 36.5 Å². The number of anilines is 1. The first kappa shape index (κ1) is 36.4. The van der Waals surface area contributed by atoms with Crippen LogP contribution in [0, 0.1) is 23.2 Å². The topological polar surface area (TPSA) is 123 Å². The van der Waals surface area contributed by atoms with Crippen molar-refractivity contribution in [2.45, 2.75) is 109 Å². The van der Waals surface area contributed by atoms with Crippen LogP contribution in [-0.2, 0) is 14.3 Å². The number of amides is 2. The summed E-state index contributed by atoms with van der Waals surface area (Å²) in [6, 6.07) is 12.4. The average Bonchev–Trinajstić information content (AvgIpc) is 3.63. The van der Waals surface area contributed by atoms with E-state index in [2.05, 4.69) is 31.1 Å². The number of methoxy groups -OCH3 is 1. The number of aromatic nitrogens is 3. The van der Waals surface area contributed by atoms with E-state index in [0.717, 1.165) is 36.8 Å². The zero-order chi connectivity index (χ0) is 36.1. The van der Waals surface area contributed by atoms with Crippen LogP contribution in [0.4, 0.5) is 10.6 Å². The number of nitriles is 1. The van der Waals surface area contributed by atoms with Gasteiger partial charge >= 0.3 is 6.09 Å². The van der Waals surface area contributed by atoms with Crippen LogP contribution in [0.1, 0.15) is 102 Å². The summed E-state index contributed by atoms with van der Waals surface area (Å²) in [5.41, 5.74) is 3.70. The standard InChI is InChI=1S/C40H52N6O5/c1-26(2)46-23-34(21-43-46)32-16-17-42-38(19-32)45(22-28-6-8-29(9-7-28)31-12-15-37(49-5)33(18-31)20-41)39(47)30-10-13-35(14-11-30)51-40(48)44-24-36(25-44)50-27(3)4/h12,15-19,21,23,26-30,35-36H,6-11,13-14,22,24-25H2,1-5H3/t28-,29-,30-,35-. The monoisotopic (exact) mass is 696 g/mol. The lowest BCUT2D eigenvalue weighted by Gasteiger charge is -2.40. The molecule has 3 aromatic rings. The molecule has 1 aromatic carbocycles. The first-order valence-electron chi connectivity index (χ1n) is 18.6. The lowest BCUT2D eigenvalue weighted by Crippen LogP contribution is -2.56. The Labute approximate surface area is 301 Å². The van der Waals surface area contributed by atoms with Crippen LogP contribution < -0.4 is 9.64 Å². The molecule has 0 bridgehead atoms. The van der Waals surface area contributed by atoms with Crippen LogP contribution in [0.5, 0.6) is 5.75 Å². The molecular weight excluding hydrogens is 644 g/mol. The van der Waals surface area contributed by atoms with E-state index < -0.39 is 0 Å². The minimum absolute atomic E-state index is 0.0734. The van der Waals surface area contributed by atoms with Crippen molar-refractivity contribution in [2.75, 3.05) is 31.6 Å². The van der Waals surface area contributed by atoms with Crippen molar-refractivity contribution >= 4 is 17.8 Å². The Kier molecular flexibility index (Phi) is 11.6. The quantitative estimate of drug-likeness (QED) is 0.202. The zero-order valence-corrected chi connectivity index (χ0v) is 30.7. The molecule has 3 aliphatic rings. The fraction of sp³-hybridized carbons (Fsp3) is 0.575. The maximum Gasteiger partial charge on any atom is 0.410 e. The summed E-state index contributed by atoms with van der Waals surface area (Å²) in [5, 5.41) is 14.1. The number of carbonyl (C=O) groups excluding carboxylic acids is 2. The Balaban J connectivity index is 1.12. The highest BCUT2D eigenvalue weighted by Gasteiger charge is 2.37. The number of pyridine rings is 1. The molecule has 3 heterocycles. The number of benzene rings is 1. The van der Waals surface area contributed by atoms with Gasteiger partial charge in [-0.2, -0.15) is 10.4 Å². The van der Waals surface area contributed by atoms with Crippen LogP contribution in [-0.4, -0.2) is 76.7 Å². The lowest BCUT2D eigenvalue weighted by atomic mass is 9.78. The Hall–Kier alpha value is -4.43. The fourth-order valence-corrected chi connectivity index (χ4v) is 7.74. The molecule has 1 saturated heterocycles. The predicted octanol–water partition coefficient (Wildman–Crippen LogP) is 7.52. The molecule has 0 unspecified atom stereocenters. The summed E-state index contributed by atoms with van der Waals surface area (Å²) in [4.78, 5) is 35.6. The van der Waals surface area contributed by atoms with Gasteiger partial charge in [0.05, 0.1) is 44.2 Å². The minimum Gasteiger partial charge on any atom is -0.495 e. The molecule has 0 spiro atoms. The van der Waals surface area contributed by atoms with Crippen molar-refractivity contribution in [3.05, 3.63) is 60.0 Å². The molecule has 2 saturated carbocycles. The third-order valence-electron chi connectivity index (χ3n) is 10.7. The molecular formula is C40H52N6O5. The second-order valence-electron chi connectivity index (χ2n) is 15.0. The molecule has 11 nitrogen and oxygen atoms in total. The summed E-state index contributed by atoms with van der Waals surface area (Å²) < 4.78 is 18.9. The van der Waals surface area contributed by atoms with Gasteiger partial charge in [-0.25, -0.2) is 9.78 Å². The average molecular weight is 697 g/mol. The first-order chi connectivity index (χ1) is 24.6. The molecule has 2 amide bonds. The van der Waals surface area contributed by atoms with Gasteiger partial charge in [-0.05, 0) is 126 Å². The number of likely N-dealkylation sites (tertiary alicyclic amines) is 1. The molecule has 0 radical (unpaired) electrons. The van der Waals surface area contributed by atoms with Gasteiger partial charge in [0.2, 0.25) is 5.91 Å². The molecule has 11 heteroatoms. The fourth-order valence-electron chi connectivity index (χ4n) is 7.74. The number of hydrogen-bond acceptors (Lipinski definition) is 8. The summed E-state index contributed by atoms with van der Waals surface area (Å²) in [6.45, 7) is 9.92. The Morgan fingerprint density at radius 1 is 0.961 bits per heavy atom. The van der Waals surface area contributed by atoms with Crippen LogP contribution >= 0.6 is 0 Å². The third kappa shape index (κ3) is 8.73. The smallest absolute Gasteiger partial charge is 0.410 e. The molecule has 2 aromatic heterocycles. The molecule has 0 atom stereocenters. The minimum atomic E-state index is -0.286. The van der Waals surface area contributed by atoms with E-state index >= 15 is 0 Å². The first-order valence-corrected chi connectivity index (χ1v) is 18.6. The molecule has 51 heavy (non-hydrogen) atoms. The molecule has 6 rings (SSSR count). The highest BCUT2D eigenvalue weighted by Crippen LogP contribution is 2.39. The normalized spacial score (nSPS) is 22.4. The van der Waals surface area contributed by atoms with Crippen molar-refractivity contribution in [1.29, 1.82) is 5.26 Å². The van der Waals surface area contributed by atoms with Crippen molar-refractivity contribution < 1.29 is 23.8 Å². The Bertz CT molecular complexity index is 1690. The Morgan fingerprint density at radius 3 is 2.35 bits per heavy atom. The maximum atomic E-state index is 14.4. The van der Waals surface area contributed by atoms with Crippen molar-refractivity contribution in [3.63, 3.8) is 0 Å². The lowest BCUT2D eigenvalue weighted by molar-refractivity contribution is -0.124. The molecule has 272 valence electrons. The van der Waals surface area contributed by atoms with Gasteiger partial charge < -0.3 is 19.1 Å². The van der Waals surface area contributed by atoms with Gasteiger partial charge in [-0.1, -0.05) is 6.07 Å². The molecule has 1 aliphatic heterocycles. The predicted molar refractivity (Wildman–Crippen MR) is 194 cm³/mol. The van der Waals surface area contributed by atoms with E-state index in [9.17, 15) is 14.9 Å². The molecule has 3 fully saturated rings. The summed E-state index contributed by atoms with van der Waals surface area (Å²) in [5.74, 6) is 1.88. The van der Waals surface area contributed by atoms with Crippen molar-refractivity contribution in [3.8, 4) is 22.9 Å². The number of ether oxygens (including phenoxy) is 3. The maximum absolute atomic E-state index is 14.4. The van der Waals surface area contributed by atoms with Crippen LogP contribution in [0.2, 0.25) is 0 Å². The largest absolute Gasteiger partial charge is 0.495 e. The number of rotatable bonds is 11. The van der Waals surface area contributed by atoms with Gasteiger partial charge in [-0.15, -0.1) is 0 Å². The molecule has 0 N–H and O–H groups in total. The summed E-state index contributed by atoms with van der Waals surface area (Å²) in [6.07, 6.45) is 12.0. The number of carbonyl (C=O) groups is 2. The van der Waals surface area contributed by atoms with Gasteiger partial charge in [0.15, 0.2) is 0 Å². The zero-order valence-electron chi connectivity index (χ0n) is 30.7. The third-order valence-corrected chi connectivity index (χ3v) is 10.7. The van der Waals surface area contributed by atoms with Gasteiger partial charge in [0.1, 0.15) is 23.7 Å².